The molecule has 2 aromatic rings. The van der Waals surface area contributed by atoms with Gasteiger partial charge in [0.2, 0.25) is 0 Å². The Labute approximate surface area is 137 Å². The van der Waals surface area contributed by atoms with Crippen molar-refractivity contribution in [2.45, 2.75) is 11.9 Å². The van der Waals surface area contributed by atoms with E-state index in [0.717, 1.165) is 5.56 Å². The van der Waals surface area contributed by atoms with E-state index in [0.29, 0.717) is 15.4 Å². The van der Waals surface area contributed by atoms with E-state index in [-0.39, 0.29) is 18.0 Å². The van der Waals surface area contributed by atoms with Gasteiger partial charge in [0, 0.05) is 15.9 Å². The zero-order chi connectivity index (χ0) is 15.4. The van der Waals surface area contributed by atoms with Gasteiger partial charge in [-0.2, -0.15) is 0 Å². The molecule has 110 valence electrons. The minimum Gasteiger partial charge on any atom is -0.482 e. The molecule has 2 rings (SSSR count). The average Bonchev–Trinajstić information content (AvgIpc) is 2.43. The Kier molecular flexibility index (Phi) is 5.30. The minimum absolute atomic E-state index is 0.0465. The highest BCUT2D eigenvalue weighted by atomic mass is 79.9. The molecule has 0 aromatic heterocycles. The van der Waals surface area contributed by atoms with Gasteiger partial charge >= 0.3 is 5.69 Å². The second-order valence-corrected chi connectivity index (χ2v) is 5.74. The SMILES string of the molecule is O=[N+]([O-])c1cc(CBr)ccc1OCc1cc(F)cc(Br)c1. The van der Waals surface area contributed by atoms with Crippen LogP contribution in [0.3, 0.4) is 0 Å². The number of nitro benzene ring substituents is 1. The van der Waals surface area contributed by atoms with Crippen molar-refractivity contribution < 1.29 is 14.1 Å². The Hall–Kier alpha value is -1.47. The van der Waals surface area contributed by atoms with Gasteiger partial charge in [-0.1, -0.05) is 37.9 Å². The molecule has 0 saturated heterocycles. The summed E-state index contributed by atoms with van der Waals surface area (Å²) in [5.74, 6) is -0.239. The summed E-state index contributed by atoms with van der Waals surface area (Å²) in [5.41, 5.74) is 1.26. The first kappa shape index (κ1) is 15.9. The number of hydrogen-bond acceptors (Lipinski definition) is 3. The lowest BCUT2D eigenvalue weighted by Crippen LogP contribution is -2.00. The van der Waals surface area contributed by atoms with Gasteiger partial charge in [0.15, 0.2) is 5.75 Å². The lowest BCUT2D eigenvalue weighted by Gasteiger charge is -2.08. The molecule has 0 unspecified atom stereocenters. The normalized spacial score (nSPS) is 10.4. The second kappa shape index (κ2) is 7.00. The zero-order valence-corrected chi connectivity index (χ0v) is 13.9. The number of hydrogen-bond donors (Lipinski definition) is 0. The van der Waals surface area contributed by atoms with Crippen LogP contribution in [0.5, 0.6) is 5.75 Å². The maximum Gasteiger partial charge on any atom is 0.311 e. The van der Waals surface area contributed by atoms with Gasteiger partial charge in [-0.3, -0.25) is 10.1 Å². The molecular weight excluding hydrogens is 409 g/mol. The topological polar surface area (TPSA) is 52.4 Å². The molecule has 0 atom stereocenters. The van der Waals surface area contributed by atoms with Crippen LogP contribution in [0.2, 0.25) is 0 Å². The van der Waals surface area contributed by atoms with Crippen molar-refractivity contribution in [1.82, 2.24) is 0 Å². The van der Waals surface area contributed by atoms with Gasteiger partial charge in [-0.25, -0.2) is 4.39 Å². The quantitative estimate of drug-likeness (QED) is 0.391. The fourth-order valence-corrected chi connectivity index (χ4v) is 2.63. The average molecular weight is 419 g/mol. The molecule has 0 bridgehead atoms. The summed E-state index contributed by atoms with van der Waals surface area (Å²) in [5, 5.41) is 11.6. The molecule has 0 saturated carbocycles. The maximum atomic E-state index is 13.3. The highest BCUT2D eigenvalue weighted by molar-refractivity contribution is 9.10. The highest BCUT2D eigenvalue weighted by Gasteiger charge is 2.16. The Morgan fingerprint density at radius 2 is 1.95 bits per heavy atom. The van der Waals surface area contributed by atoms with E-state index in [4.69, 9.17) is 4.74 Å². The van der Waals surface area contributed by atoms with E-state index >= 15 is 0 Å². The summed E-state index contributed by atoms with van der Waals surface area (Å²) in [6, 6.07) is 9.08. The summed E-state index contributed by atoms with van der Waals surface area (Å²) < 4.78 is 19.3. The fourth-order valence-electron chi connectivity index (χ4n) is 1.77. The molecule has 4 nitrogen and oxygen atoms in total. The second-order valence-electron chi connectivity index (χ2n) is 4.26. The number of nitro groups is 1. The lowest BCUT2D eigenvalue weighted by molar-refractivity contribution is -0.386. The third-order valence-electron chi connectivity index (χ3n) is 2.69. The van der Waals surface area contributed by atoms with Crippen LogP contribution in [0.25, 0.3) is 0 Å². The summed E-state index contributed by atoms with van der Waals surface area (Å²) in [6.07, 6.45) is 0. The molecular formula is C14H10Br2FNO3. The van der Waals surface area contributed by atoms with Gasteiger partial charge in [0.25, 0.3) is 0 Å². The minimum atomic E-state index is -0.497. The maximum absolute atomic E-state index is 13.3. The largest absolute Gasteiger partial charge is 0.482 e. The number of rotatable bonds is 5. The van der Waals surface area contributed by atoms with Gasteiger partial charge < -0.3 is 4.74 Å². The molecule has 0 aliphatic carbocycles. The molecule has 0 fully saturated rings. The van der Waals surface area contributed by atoms with E-state index in [1.165, 1.54) is 18.2 Å². The van der Waals surface area contributed by atoms with Crippen LogP contribution in [-0.4, -0.2) is 4.92 Å². The van der Waals surface area contributed by atoms with Crippen LogP contribution >= 0.6 is 31.9 Å². The number of alkyl halides is 1. The molecule has 0 radical (unpaired) electrons. The fraction of sp³-hybridized carbons (Fsp3) is 0.143. The molecule has 0 N–H and O–H groups in total. The first-order chi connectivity index (χ1) is 9.99. The molecule has 21 heavy (non-hydrogen) atoms. The van der Waals surface area contributed by atoms with Crippen LogP contribution in [0.15, 0.2) is 40.9 Å². The summed E-state index contributed by atoms with van der Waals surface area (Å²) in [7, 11) is 0. The van der Waals surface area contributed by atoms with Crippen LogP contribution in [-0.2, 0) is 11.9 Å². The van der Waals surface area contributed by atoms with Gasteiger partial charge in [0.1, 0.15) is 12.4 Å². The predicted molar refractivity (Wildman–Crippen MR) is 84.2 cm³/mol. The summed E-state index contributed by atoms with van der Waals surface area (Å²) >= 11 is 6.43. The Balaban J connectivity index is 2.21. The van der Waals surface area contributed by atoms with Crippen LogP contribution in [0.1, 0.15) is 11.1 Å². The van der Waals surface area contributed by atoms with Crippen LogP contribution in [0, 0.1) is 15.9 Å². The highest BCUT2D eigenvalue weighted by Crippen LogP contribution is 2.29. The number of benzene rings is 2. The van der Waals surface area contributed by atoms with Gasteiger partial charge in [-0.15, -0.1) is 0 Å². The number of halogens is 3. The Morgan fingerprint density at radius 1 is 1.19 bits per heavy atom. The van der Waals surface area contributed by atoms with Crippen molar-refractivity contribution in [2.75, 3.05) is 0 Å². The smallest absolute Gasteiger partial charge is 0.311 e. The molecule has 0 aliphatic rings. The van der Waals surface area contributed by atoms with E-state index in [9.17, 15) is 14.5 Å². The van der Waals surface area contributed by atoms with Crippen molar-refractivity contribution in [3.05, 3.63) is 67.9 Å². The Morgan fingerprint density at radius 3 is 2.57 bits per heavy atom. The predicted octanol–water partition coefficient (Wildman–Crippen LogP) is 4.97. The van der Waals surface area contributed by atoms with Gasteiger partial charge in [-0.05, 0) is 35.4 Å². The third-order valence-corrected chi connectivity index (χ3v) is 3.80. The van der Waals surface area contributed by atoms with Crippen LogP contribution < -0.4 is 4.74 Å². The van der Waals surface area contributed by atoms with Crippen molar-refractivity contribution >= 4 is 37.5 Å². The van der Waals surface area contributed by atoms with Crippen molar-refractivity contribution in [1.29, 1.82) is 0 Å². The molecule has 0 heterocycles. The van der Waals surface area contributed by atoms with E-state index < -0.39 is 10.7 Å². The Bertz CT molecular complexity index is 659. The van der Waals surface area contributed by atoms with E-state index in [1.54, 1.807) is 18.2 Å². The first-order valence-corrected chi connectivity index (χ1v) is 7.82. The zero-order valence-electron chi connectivity index (χ0n) is 10.7. The molecule has 0 amide bonds. The summed E-state index contributed by atoms with van der Waals surface area (Å²) in [6.45, 7) is 0.0465. The number of ether oxygens (including phenoxy) is 1. The summed E-state index contributed by atoms with van der Waals surface area (Å²) in [4.78, 5) is 10.6. The molecule has 0 aliphatic heterocycles. The van der Waals surface area contributed by atoms with Crippen molar-refractivity contribution in [3.63, 3.8) is 0 Å². The van der Waals surface area contributed by atoms with Crippen molar-refractivity contribution in [2.24, 2.45) is 0 Å². The molecule has 2 aromatic carbocycles. The van der Waals surface area contributed by atoms with E-state index in [1.807, 2.05) is 0 Å². The van der Waals surface area contributed by atoms with Crippen LogP contribution in [0.4, 0.5) is 10.1 Å². The molecule has 7 heteroatoms. The third kappa shape index (κ3) is 4.25. The van der Waals surface area contributed by atoms with E-state index in [2.05, 4.69) is 31.9 Å². The van der Waals surface area contributed by atoms with Gasteiger partial charge in [0.05, 0.1) is 4.92 Å². The number of nitrogens with zero attached hydrogens (tertiary/aromatic N) is 1. The monoisotopic (exact) mass is 417 g/mol. The first-order valence-electron chi connectivity index (χ1n) is 5.90. The molecule has 0 spiro atoms. The lowest BCUT2D eigenvalue weighted by atomic mass is 10.2. The van der Waals surface area contributed by atoms with Crippen molar-refractivity contribution in [3.8, 4) is 5.75 Å². The standard InChI is InChI=1S/C14H10Br2FNO3/c15-7-9-1-2-14(13(5-9)18(19)20)21-8-10-3-11(16)6-12(17)4-10/h1-6H,7-8H2.